The molecule has 0 saturated heterocycles. The van der Waals surface area contributed by atoms with Crippen molar-refractivity contribution in [2.24, 2.45) is 0 Å². The molecule has 0 radical (unpaired) electrons. The number of likely N-dealkylation sites (N-methyl/N-ethyl adjacent to an activating group) is 1. The Bertz CT molecular complexity index is 688. The van der Waals surface area contributed by atoms with Gasteiger partial charge in [0.2, 0.25) is 0 Å². The molecule has 0 aliphatic heterocycles. The van der Waals surface area contributed by atoms with Crippen LogP contribution in [0.15, 0.2) is 24.3 Å². The third kappa shape index (κ3) is 16.7. The minimum Gasteiger partial charge on any atom is -0.666 e. The van der Waals surface area contributed by atoms with E-state index in [1.807, 2.05) is 26.3 Å². The van der Waals surface area contributed by atoms with Crippen molar-refractivity contribution in [3.05, 3.63) is 41.1 Å². The number of rotatable bonds is 10. The maximum Gasteiger partial charge on any atom is 1.00 e. The van der Waals surface area contributed by atoms with Crippen molar-refractivity contribution in [1.29, 1.82) is 0 Å². The van der Waals surface area contributed by atoms with Crippen LogP contribution in [0.4, 0.5) is 0 Å². The SMILES string of the molecule is CC.CCC.CCCC(ONC(=O)c1cccc(C(=O)NOCC([NH-])=O)c1)C(=O)NC.[Cs+]. The van der Waals surface area contributed by atoms with E-state index in [0.29, 0.717) is 12.8 Å². The summed E-state index contributed by atoms with van der Waals surface area (Å²) >= 11 is 0. The van der Waals surface area contributed by atoms with Crippen molar-refractivity contribution in [3.8, 4) is 0 Å². The Hall–Kier alpha value is -0.928. The topological polar surface area (TPSA) is 147 Å². The van der Waals surface area contributed by atoms with Crippen molar-refractivity contribution in [2.45, 2.75) is 60.0 Å². The minimum atomic E-state index is -0.992. The molecule has 11 heteroatoms. The fraction of sp³-hybridized carbons (Fsp3) is 0.524. The first-order valence-electron chi connectivity index (χ1n) is 10.2. The first-order valence-corrected chi connectivity index (χ1v) is 10.2. The summed E-state index contributed by atoms with van der Waals surface area (Å²) in [5.74, 6) is -2.67. The molecule has 1 atom stereocenters. The molecule has 0 fully saturated rings. The van der Waals surface area contributed by atoms with E-state index in [1.54, 1.807) is 0 Å². The molecule has 4 amide bonds. The standard InChI is InChI=1S/C16H22N4O6.C3H8.C2H6.Cs/c1-3-5-12(16(24)18-2)26-20-15(23)11-7-4-6-10(8-11)14(22)19-25-9-13(17)21;1-3-2;1-2;/h4,6-8,12H,3,5,9H2,1-2H3,(H5,17,18,19,20,21,22,23,24);3H2,1-2H3;1-2H3;/q;;;+1/p-1. The average molecular weight is 572 g/mol. The molecule has 0 bridgehead atoms. The van der Waals surface area contributed by atoms with Crippen LogP contribution in [0, 0.1) is 0 Å². The van der Waals surface area contributed by atoms with Gasteiger partial charge in [0.15, 0.2) is 6.10 Å². The fourth-order valence-electron chi connectivity index (χ4n) is 1.88. The molecule has 0 saturated carbocycles. The number of carbonyl (C=O) groups excluding carboxylic acids is 4. The fourth-order valence-corrected chi connectivity index (χ4v) is 1.88. The van der Waals surface area contributed by atoms with Crippen molar-refractivity contribution in [1.82, 2.24) is 16.3 Å². The zero-order valence-corrected chi connectivity index (χ0v) is 26.4. The number of hydrogen-bond acceptors (Lipinski definition) is 6. The van der Waals surface area contributed by atoms with Crippen LogP contribution >= 0.6 is 0 Å². The maximum atomic E-state index is 12.1. The second-order valence-electron chi connectivity index (χ2n) is 5.87. The normalized spacial score (nSPS) is 9.94. The summed E-state index contributed by atoms with van der Waals surface area (Å²) in [6, 6.07) is 5.65. The van der Waals surface area contributed by atoms with Gasteiger partial charge in [0.25, 0.3) is 17.7 Å². The van der Waals surface area contributed by atoms with Crippen LogP contribution < -0.4 is 85.2 Å². The average Bonchev–Trinajstić information content (AvgIpc) is 2.77. The molecule has 1 rings (SSSR count). The molecule has 0 aliphatic rings. The van der Waals surface area contributed by atoms with Crippen LogP contribution in [0.5, 0.6) is 0 Å². The molecule has 32 heavy (non-hydrogen) atoms. The van der Waals surface area contributed by atoms with Crippen LogP contribution in [0.1, 0.15) is 74.6 Å². The number of nitrogens with one attached hydrogen (secondary N) is 4. The third-order valence-corrected chi connectivity index (χ3v) is 3.14. The minimum absolute atomic E-state index is 0. The molecule has 0 aliphatic carbocycles. The molecule has 1 aromatic carbocycles. The van der Waals surface area contributed by atoms with Gasteiger partial charge < -0.3 is 15.8 Å². The Morgan fingerprint density at radius 1 is 1.00 bits per heavy atom. The van der Waals surface area contributed by atoms with Gasteiger partial charge in [0.05, 0.1) is 5.91 Å². The number of carbonyl (C=O) groups is 4. The van der Waals surface area contributed by atoms with E-state index in [1.165, 1.54) is 37.7 Å². The summed E-state index contributed by atoms with van der Waals surface area (Å²) in [5.41, 5.74) is 11.1. The van der Waals surface area contributed by atoms with Gasteiger partial charge in [-0.05, 0) is 24.6 Å². The van der Waals surface area contributed by atoms with Crippen LogP contribution in [-0.2, 0) is 19.3 Å². The predicted octanol–water partition coefficient (Wildman–Crippen LogP) is -0.0506. The Labute approximate surface area is 249 Å². The second-order valence-corrected chi connectivity index (χ2v) is 5.87. The number of benzene rings is 1. The van der Waals surface area contributed by atoms with Gasteiger partial charge in [0.1, 0.15) is 6.61 Å². The summed E-state index contributed by atoms with van der Waals surface area (Å²) in [6.07, 6.45) is 1.54. The van der Waals surface area contributed by atoms with E-state index in [2.05, 4.69) is 29.5 Å². The van der Waals surface area contributed by atoms with Crippen molar-refractivity contribution in [2.75, 3.05) is 13.7 Å². The van der Waals surface area contributed by atoms with Gasteiger partial charge in [-0.25, -0.2) is 11.0 Å². The Morgan fingerprint density at radius 3 is 1.94 bits per heavy atom. The number of hydrogen-bond donors (Lipinski definition) is 3. The molecule has 10 nitrogen and oxygen atoms in total. The summed E-state index contributed by atoms with van der Waals surface area (Å²) in [5, 5.41) is 2.45. The quantitative estimate of drug-likeness (QED) is 0.335. The molecular formula is C21H35CsN4O6. The van der Waals surface area contributed by atoms with Gasteiger partial charge >= 0.3 is 68.9 Å². The predicted molar refractivity (Wildman–Crippen MR) is 118 cm³/mol. The summed E-state index contributed by atoms with van der Waals surface area (Å²) < 4.78 is 0. The van der Waals surface area contributed by atoms with Crippen LogP contribution in [0.25, 0.3) is 5.73 Å². The Balaban J connectivity index is -0.00000129. The molecule has 176 valence electrons. The van der Waals surface area contributed by atoms with Gasteiger partial charge in [-0.2, -0.15) is 0 Å². The summed E-state index contributed by atoms with van der Waals surface area (Å²) in [6.45, 7) is 9.54. The van der Waals surface area contributed by atoms with Crippen LogP contribution in [0.2, 0.25) is 0 Å². The smallest absolute Gasteiger partial charge is 0.666 e. The van der Waals surface area contributed by atoms with Gasteiger partial charge in [-0.15, -0.1) is 0 Å². The largest absolute Gasteiger partial charge is 1.00 e. The third-order valence-electron chi connectivity index (χ3n) is 3.14. The van der Waals surface area contributed by atoms with E-state index in [9.17, 15) is 19.2 Å². The zero-order valence-electron chi connectivity index (χ0n) is 20.2. The van der Waals surface area contributed by atoms with Gasteiger partial charge in [0, 0.05) is 18.2 Å². The second kappa shape index (κ2) is 23.2. The Morgan fingerprint density at radius 2 is 1.50 bits per heavy atom. The van der Waals surface area contributed by atoms with Gasteiger partial charge in [-0.3, -0.25) is 24.1 Å². The molecular weight excluding hydrogens is 537 g/mol. The Kier molecular flexibility index (Phi) is 25.9. The molecule has 0 aromatic heterocycles. The van der Waals surface area contributed by atoms with Crippen molar-refractivity contribution >= 4 is 23.6 Å². The first-order chi connectivity index (χ1) is 14.8. The molecule has 4 N–H and O–H groups in total. The zero-order chi connectivity index (χ0) is 24.2. The molecule has 1 aromatic rings. The first kappa shape index (κ1) is 35.7. The van der Waals surface area contributed by atoms with Crippen molar-refractivity contribution in [3.63, 3.8) is 0 Å². The van der Waals surface area contributed by atoms with Crippen molar-refractivity contribution < 1.29 is 97.7 Å². The van der Waals surface area contributed by atoms with Gasteiger partial charge in [-0.1, -0.05) is 53.5 Å². The molecule has 0 heterocycles. The van der Waals surface area contributed by atoms with E-state index in [0.717, 1.165) is 0 Å². The number of hydroxylamine groups is 2. The summed E-state index contributed by atoms with van der Waals surface area (Å²) in [4.78, 5) is 55.8. The summed E-state index contributed by atoms with van der Waals surface area (Å²) in [7, 11) is 1.47. The number of amides is 4. The monoisotopic (exact) mass is 572 g/mol. The van der Waals surface area contributed by atoms with E-state index in [-0.39, 0.29) is 85.9 Å². The van der Waals surface area contributed by atoms with E-state index in [4.69, 9.17) is 10.6 Å². The van der Waals surface area contributed by atoms with Crippen LogP contribution in [0.3, 0.4) is 0 Å². The molecule has 1 unspecified atom stereocenters. The van der Waals surface area contributed by atoms with E-state index >= 15 is 0 Å². The van der Waals surface area contributed by atoms with E-state index < -0.39 is 30.4 Å². The van der Waals surface area contributed by atoms with Crippen LogP contribution in [-0.4, -0.2) is 43.4 Å². The molecule has 0 spiro atoms. The maximum absolute atomic E-state index is 12.1.